The maximum atomic E-state index is 12.2. The number of esters is 1. The van der Waals surface area contributed by atoms with Gasteiger partial charge < -0.3 is 9.84 Å². The van der Waals surface area contributed by atoms with E-state index in [0.717, 1.165) is 31.8 Å². The van der Waals surface area contributed by atoms with Crippen LogP contribution < -0.4 is 0 Å². The van der Waals surface area contributed by atoms with E-state index < -0.39 is 23.5 Å². The summed E-state index contributed by atoms with van der Waals surface area (Å²) in [6, 6.07) is 1.03. The molecule has 0 aromatic heterocycles. The fraction of sp³-hybridized carbons (Fsp3) is 0.765. The Morgan fingerprint density at radius 3 is 1.88 bits per heavy atom. The van der Waals surface area contributed by atoms with Crippen molar-refractivity contribution in [2.45, 2.75) is 77.3 Å². The van der Waals surface area contributed by atoms with Gasteiger partial charge >= 0.3 is 12.1 Å². The Balaban J connectivity index is 3.82. The number of hydrogen-bond donors (Lipinski definition) is 1. The molecule has 24 heavy (non-hydrogen) atoms. The number of unbranched alkanes of at least 4 members (excludes halogenated alkanes) is 9. The number of carbonyl (C=O) groups is 1. The van der Waals surface area contributed by atoms with Gasteiger partial charge in [-0.25, -0.2) is 4.79 Å². The highest BCUT2D eigenvalue weighted by molar-refractivity contribution is 5.93. The molecular weight excluding hydrogens is 323 g/mol. The number of aliphatic hydroxyl groups excluding tert-OH is 1. The van der Waals surface area contributed by atoms with Crippen molar-refractivity contribution in [1.29, 1.82) is 5.26 Å². The summed E-state index contributed by atoms with van der Waals surface area (Å²) in [4.78, 5) is 11.4. The zero-order valence-corrected chi connectivity index (χ0v) is 14.1. The van der Waals surface area contributed by atoms with Crippen LogP contribution in [0.2, 0.25) is 0 Å². The van der Waals surface area contributed by atoms with Crippen LogP contribution in [0.5, 0.6) is 0 Å². The van der Waals surface area contributed by atoms with E-state index in [9.17, 15) is 18.0 Å². The lowest BCUT2D eigenvalue weighted by Gasteiger charge is -2.08. The first-order valence-corrected chi connectivity index (χ1v) is 8.42. The van der Waals surface area contributed by atoms with E-state index in [-0.39, 0.29) is 6.61 Å². The lowest BCUT2D eigenvalue weighted by atomic mass is 10.1. The summed E-state index contributed by atoms with van der Waals surface area (Å²) in [5.74, 6) is -3.65. The summed E-state index contributed by atoms with van der Waals surface area (Å²) in [6.45, 7) is 2.11. The van der Waals surface area contributed by atoms with E-state index in [1.165, 1.54) is 32.1 Å². The summed E-state index contributed by atoms with van der Waals surface area (Å²) < 4.78 is 41.3. The maximum absolute atomic E-state index is 12.2. The first-order chi connectivity index (χ1) is 11.3. The van der Waals surface area contributed by atoms with E-state index in [4.69, 9.17) is 10.4 Å². The zero-order chi connectivity index (χ0) is 18.4. The fourth-order valence-electron chi connectivity index (χ4n) is 2.16. The van der Waals surface area contributed by atoms with Crippen molar-refractivity contribution in [3.8, 4) is 6.07 Å². The molecule has 0 aliphatic heterocycles. The molecule has 0 rings (SSSR count). The highest BCUT2D eigenvalue weighted by Crippen LogP contribution is 2.26. The minimum absolute atomic E-state index is 0.0638. The monoisotopic (exact) mass is 349 g/mol. The topological polar surface area (TPSA) is 70.3 Å². The third kappa shape index (κ3) is 10.1. The molecule has 0 fully saturated rings. The van der Waals surface area contributed by atoms with Crippen molar-refractivity contribution in [2.75, 3.05) is 6.61 Å². The third-order valence-electron chi connectivity index (χ3n) is 3.55. The van der Waals surface area contributed by atoms with Crippen molar-refractivity contribution >= 4 is 5.97 Å². The number of allylic oxidation sites excluding steroid dienone is 1. The third-order valence-corrected chi connectivity index (χ3v) is 3.55. The van der Waals surface area contributed by atoms with E-state index in [0.29, 0.717) is 6.42 Å². The van der Waals surface area contributed by atoms with Gasteiger partial charge in [0.15, 0.2) is 5.57 Å². The van der Waals surface area contributed by atoms with Crippen LogP contribution in [-0.4, -0.2) is 23.9 Å². The quantitative estimate of drug-likeness (QED) is 0.169. The van der Waals surface area contributed by atoms with Crippen molar-refractivity contribution in [2.24, 2.45) is 0 Å². The van der Waals surface area contributed by atoms with Gasteiger partial charge in [-0.2, -0.15) is 18.4 Å². The molecule has 0 spiro atoms. The number of halogens is 3. The molecule has 138 valence electrons. The zero-order valence-electron chi connectivity index (χ0n) is 14.1. The summed E-state index contributed by atoms with van der Waals surface area (Å²) in [5.41, 5.74) is -1.41. The largest absolute Gasteiger partial charge is 0.503 e. The lowest BCUT2D eigenvalue weighted by Crippen LogP contribution is -2.19. The molecular formula is C17H26F3NO3. The highest BCUT2D eigenvalue weighted by Gasteiger charge is 2.39. The van der Waals surface area contributed by atoms with Crippen LogP contribution in [0, 0.1) is 11.3 Å². The molecule has 0 saturated heterocycles. The van der Waals surface area contributed by atoms with Crippen LogP contribution in [0.1, 0.15) is 71.1 Å². The smallest absolute Gasteiger partial charge is 0.450 e. The second kappa shape index (κ2) is 12.7. The SMILES string of the molecule is CCCCCCCCCCCCOC(=O)/C(C#N)=C(\O)C(F)(F)F. The lowest BCUT2D eigenvalue weighted by molar-refractivity contribution is -0.142. The summed E-state index contributed by atoms with van der Waals surface area (Å²) in [5, 5.41) is 17.4. The minimum atomic E-state index is -5.14. The molecule has 0 saturated carbocycles. The van der Waals surface area contributed by atoms with E-state index in [2.05, 4.69) is 11.7 Å². The molecule has 4 nitrogen and oxygen atoms in total. The highest BCUT2D eigenvalue weighted by atomic mass is 19.4. The number of nitriles is 1. The van der Waals surface area contributed by atoms with Crippen LogP contribution >= 0.6 is 0 Å². The van der Waals surface area contributed by atoms with Gasteiger partial charge in [-0.1, -0.05) is 64.7 Å². The van der Waals surface area contributed by atoms with Gasteiger partial charge in [0.2, 0.25) is 5.76 Å². The van der Waals surface area contributed by atoms with Crippen LogP contribution in [0.25, 0.3) is 0 Å². The Hall–Kier alpha value is -1.71. The Bertz CT molecular complexity index is 439. The number of hydrogen-bond acceptors (Lipinski definition) is 4. The van der Waals surface area contributed by atoms with Crippen molar-refractivity contribution in [3.05, 3.63) is 11.3 Å². The molecule has 7 heteroatoms. The average Bonchev–Trinajstić information content (AvgIpc) is 2.52. The van der Waals surface area contributed by atoms with Gasteiger partial charge in [0, 0.05) is 0 Å². The standard InChI is InChI=1S/C17H26F3NO3/c1-2-3-4-5-6-7-8-9-10-11-12-24-16(23)14(13-21)15(22)17(18,19)20/h22H,2-12H2,1H3/b15-14-. The van der Waals surface area contributed by atoms with Gasteiger partial charge in [0.05, 0.1) is 6.61 Å². The Kier molecular flexibility index (Phi) is 11.8. The van der Waals surface area contributed by atoms with E-state index in [1.807, 2.05) is 0 Å². The minimum Gasteiger partial charge on any atom is -0.503 e. The molecule has 0 aromatic rings. The fourth-order valence-corrected chi connectivity index (χ4v) is 2.16. The Morgan fingerprint density at radius 2 is 1.46 bits per heavy atom. The van der Waals surface area contributed by atoms with Gasteiger partial charge in [0.1, 0.15) is 6.07 Å². The first-order valence-electron chi connectivity index (χ1n) is 8.42. The Labute approximate surface area is 141 Å². The molecule has 0 heterocycles. The second-order valence-corrected chi connectivity index (χ2v) is 5.65. The molecule has 1 N–H and O–H groups in total. The summed E-state index contributed by atoms with van der Waals surface area (Å²) in [7, 11) is 0. The molecule has 0 aliphatic rings. The van der Waals surface area contributed by atoms with Crippen molar-refractivity contribution in [3.63, 3.8) is 0 Å². The van der Waals surface area contributed by atoms with Crippen LogP contribution in [0.4, 0.5) is 13.2 Å². The van der Waals surface area contributed by atoms with Gasteiger partial charge in [-0.05, 0) is 6.42 Å². The van der Waals surface area contributed by atoms with Crippen LogP contribution in [0.3, 0.4) is 0 Å². The number of carbonyl (C=O) groups excluding carboxylic acids is 1. The van der Waals surface area contributed by atoms with Crippen molar-refractivity contribution in [1.82, 2.24) is 0 Å². The number of rotatable bonds is 12. The average molecular weight is 349 g/mol. The predicted molar refractivity (Wildman–Crippen MR) is 84.1 cm³/mol. The van der Waals surface area contributed by atoms with Gasteiger partial charge in [-0.3, -0.25) is 0 Å². The van der Waals surface area contributed by atoms with Crippen LogP contribution in [-0.2, 0) is 9.53 Å². The van der Waals surface area contributed by atoms with Crippen LogP contribution in [0.15, 0.2) is 11.3 Å². The number of alkyl halides is 3. The second-order valence-electron chi connectivity index (χ2n) is 5.65. The summed E-state index contributed by atoms with van der Waals surface area (Å²) >= 11 is 0. The number of ether oxygens (including phenoxy) is 1. The maximum Gasteiger partial charge on any atom is 0.450 e. The normalized spacial score (nSPS) is 12.5. The number of nitrogens with zero attached hydrogens (tertiary/aromatic N) is 1. The molecule has 0 amide bonds. The predicted octanol–water partition coefficient (Wildman–Crippen LogP) is 5.35. The summed E-state index contributed by atoms with van der Waals surface area (Å²) in [6.07, 6.45) is 5.62. The molecule has 0 aliphatic carbocycles. The Morgan fingerprint density at radius 1 is 1.00 bits per heavy atom. The molecule has 0 aromatic carbocycles. The first kappa shape index (κ1) is 22.3. The van der Waals surface area contributed by atoms with E-state index >= 15 is 0 Å². The van der Waals surface area contributed by atoms with E-state index in [1.54, 1.807) is 0 Å². The molecule has 0 bridgehead atoms. The molecule has 0 unspecified atom stereocenters. The molecule has 0 radical (unpaired) electrons. The number of aliphatic hydroxyl groups is 1. The van der Waals surface area contributed by atoms with Gasteiger partial charge in [-0.15, -0.1) is 0 Å². The van der Waals surface area contributed by atoms with Crippen molar-refractivity contribution < 1.29 is 27.8 Å². The molecule has 0 atom stereocenters. The van der Waals surface area contributed by atoms with Gasteiger partial charge in [0.25, 0.3) is 0 Å².